The van der Waals surface area contributed by atoms with E-state index in [1.165, 1.54) is 18.2 Å². The van der Waals surface area contributed by atoms with Crippen LogP contribution in [0.1, 0.15) is 0 Å². The summed E-state index contributed by atoms with van der Waals surface area (Å²) in [5.74, 6) is 0. The van der Waals surface area contributed by atoms with E-state index in [1.54, 1.807) is 30.3 Å². The largest absolute Gasteiger partial charge is 0.270 e. The molecule has 0 N–H and O–H groups in total. The summed E-state index contributed by atoms with van der Waals surface area (Å²) in [5, 5.41) is 11.4. The van der Waals surface area contributed by atoms with Crippen molar-refractivity contribution < 1.29 is 13.3 Å². The normalized spacial score (nSPS) is 11.7. The van der Waals surface area contributed by atoms with E-state index in [0.717, 1.165) is 10.2 Å². The van der Waals surface area contributed by atoms with Crippen molar-refractivity contribution in [3.05, 3.63) is 63.7 Å². The minimum Gasteiger partial charge on any atom is -0.258 e. The number of nitro groups is 1. The van der Waals surface area contributed by atoms with Gasteiger partial charge in [0.25, 0.3) is 5.69 Å². The summed E-state index contributed by atoms with van der Waals surface area (Å²) in [6.07, 6.45) is 1.07. The van der Waals surface area contributed by atoms with Crippen LogP contribution in [0.2, 0.25) is 5.02 Å². The first kappa shape index (κ1) is 15.5. The third-order valence-corrected chi connectivity index (χ3v) is 4.86. The fourth-order valence-electron chi connectivity index (χ4n) is 2.51. The van der Waals surface area contributed by atoms with Crippen LogP contribution in [-0.2, 0) is 10.0 Å². The van der Waals surface area contributed by atoms with Crippen molar-refractivity contribution in [3.8, 4) is 11.3 Å². The van der Waals surface area contributed by atoms with Crippen LogP contribution in [0.3, 0.4) is 0 Å². The number of benzene rings is 2. The van der Waals surface area contributed by atoms with E-state index >= 15 is 0 Å². The van der Waals surface area contributed by atoms with Gasteiger partial charge >= 0.3 is 0 Å². The Balaban J connectivity index is 2.48. The predicted molar refractivity (Wildman–Crippen MR) is 89.3 cm³/mol. The Morgan fingerprint density at radius 3 is 2.35 bits per heavy atom. The van der Waals surface area contributed by atoms with Crippen molar-refractivity contribution in [2.45, 2.75) is 0 Å². The Labute approximate surface area is 137 Å². The first-order chi connectivity index (χ1) is 10.8. The molecule has 0 atom stereocenters. The molecule has 0 amide bonds. The van der Waals surface area contributed by atoms with Gasteiger partial charge in [-0.3, -0.25) is 10.1 Å². The minimum atomic E-state index is -3.66. The van der Waals surface area contributed by atoms with E-state index in [9.17, 15) is 18.5 Å². The molecule has 3 aromatic rings. The van der Waals surface area contributed by atoms with E-state index in [-0.39, 0.29) is 10.7 Å². The second-order valence-electron chi connectivity index (χ2n) is 5.01. The molecule has 0 spiro atoms. The van der Waals surface area contributed by atoms with Gasteiger partial charge in [0.15, 0.2) is 0 Å². The van der Waals surface area contributed by atoms with Crippen molar-refractivity contribution in [3.63, 3.8) is 0 Å². The second-order valence-corrected chi connectivity index (χ2v) is 7.22. The maximum atomic E-state index is 12.2. The van der Waals surface area contributed by atoms with Crippen LogP contribution in [0.15, 0.2) is 48.5 Å². The van der Waals surface area contributed by atoms with Crippen molar-refractivity contribution in [1.82, 2.24) is 3.97 Å². The number of nitrogens with zero attached hydrogens (tertiary/aromatic N) is 2. The van der Waals surface area contributed by atoms with Gasteiger partial charge in [0.1, 0.15) is 0 Å². The number of nitro benzene ring substituents is 1. The standard InChI is InChI=1S/C15H11ClN2O4S/c1-23(21,22)17-13-8-7-11(18(19)20)9-12(13)14(16)15(17)10-5-3-2-4-6-10/h2-9H,1H3. The number of aromatic nitrogens is 1. The van der Waals surface area contributed by atoms with Gasteiger partial charge in [-0.1, -0.05) is 41.9 Å². The molecule has 118 valence electrons. The molecular formula is C15H11ClN2O4S. The summed E-state index contributed by atoms with van der Waals surface area (Å²) in [6.45, 7) is 0. The molecule has 23 heavy (non-hydrogen) atoms. The van der Waals surface area contributed by atoms with Gasteiger partial charge < -0.3 is 0 Å². The lowest BCUT2D eigenvalue weighted by atomic mass is 10.1. The molecule has 0 aliphatic carbocycles. The van der Waals surface area contributed by atoms with E-state index in [2.05, 4.69) is 0 Å². The monoisotopic (exact) mass is 350 g/mol. The third kappa shape index (κ3) is 2.58. The molecular weight excluding hydrogens is 340 g/mol. The zero-order chi connectivity index (χ0) is 16.8. The maximum Gasteiger partial charge on any atom is 0.270 e. The van der Waals surface area contributed by atoms with Crippen molar-refractivity contribution in [2.24, 2.45) is 0 Å². The molecule has 6 nitrogen and oxygen atoms in total. The highest BCUT2D eigenvalue weighted by atomic mass is 35.5. The van der Waals surface area contributed by atoms with Crippen LogP contribution < -0.4 is 0 Å². The Kier molecular flexibility index (Phi) is 3.62. The SMILES string of the molecule is CS(=O)(=O)n1c(-c2ccccc2)c(Cl)c2cc([N+](=O)[O-])ccc21. The van der Waals surface area contributed by atoms with Crippen LogP contribution in [-0.4, -0.2) is 23.6 Å². The first-order valence-corrected chi connectivity index (χ1v) is 8.77. The second kappa shape index (κ2) is 5.36. The molecule has 0 bridgehead atoms. The number of rotatable bonds is 3. The molecule has 0 aliphatic heterocycles. The molecule has 0 radical (unpaired) electrons. The van der Waals surface area contributed by atoms with E-state index in [0.29, 0.717) is 22.2 Å². The average Bonchev–Trinajstić information content (AvgIpc) is 2.80. The highest BCUT2D eigenvalue weighted by molar-refractivity contribution is 7.89. The Bertz CT molecular complexity index is 1030. The Morgan fingerprint density at radius 2 is 1.78 bits per heavy atom. The van der Waals surface area contributed by atoms with Gasteiger partial charge in [-0.25, -0.2) is 12.4 Å². The van der Waals surface area contributed by atoms with Gasteiger partial charge in [-0.15, -0.1) is 0 Å². The van der Waals surface area contributed by atoms with Crippen molar-refractivity contribution in [1.29, 1.82) is 0 Å². The summed E-state index contributed by atoms with van der Waals surface area (Å²) >= 11 is 6.37. The predicted octanol–water partition coefficient (Wildman–Crippen LogP) is 3.68. The number of hydrogen-bond acceptors (Lipinski definition) is 4. The zero-order valence-corrected chi connectivity index (χ0v) is 13.5. The van der Waals surface area contributed by atoms with Crippen LogP contribution >= 0.6 is 11.6 Å². The Morgan fingerprint density at radius 1 is 1.13 bits per heavy atom. The summed E-state index contributed by atoms with van der Waals surface area (Å²) in [7, 11) is -3.66. The van der Waals surface area contributed by atoms with Crippen LogP contribution in [0.4, 0.5) is 5.69 Å². The molecule has 1 heterocycles. The number of non-ortho nitro benzene ring substituents is 1. The molecule has 0 saturated carbocycles. The molecule has 8 heteroatoms. The molecule has 0 saturated heterocycles. The Hall–Kier alpha value is -2.38. The third-order valence-electron chi connectivity index (χ3n) is 3.44. The highest BCUT2D eigenvalue weighted by Gasteiger charge is 2.24. The minimum absolute atomic E-state index is 0.148. The van der Waals surface area contributed by atoms with E-state index < -0.39 is 14.9 Å². The smallest absolute Gasteiger partial charge is 0.258 e. The number of halogens is 1. The number of hydrogen-bond donors (Lipinski definition) is 0. The number of fused-ring (bicyclic) bond motifs is 1. The molecule has 2 aromatic carbocycles. The average molecular weight is 351 g/mol. The van der Waals surface area contributed by atoms with Gasteiger partial charge in [0, 0.05) is 23.1 Å². The van der Waals surface area contributed by atoms with Crippen LogP contribution in [0, 0.1) is 10.1 Å². The van der Waals surface area contributed by atoms with Crippen LogP contribution in [0.5, 0.6) is 0 Å². The first-order valence-electron chi connectivity index (χ1n) is 6.55. The summed E-state index contributed by atoms with van der Waals surface area (Å²) in [6, 6.07) is 12.7. The van der Waals surface area contributed by atoms with E-state index in [4.69, 9.17) is 11.6 Å². The fraction of sp³-hybridized carbons (Fsp3) is 0.0667. The fourth-order valence-corrected chi connectivity index (χ4v) is 3.95. The summed E-state index contributed by atoms with van der Waals surface area (Å²) in [4.78, 5) is 10.4. The summed E-state index contributed by atoms with van der Waals surface area (Å²) in [5.41, 5.74) is 1.07. The molecule has 0 fully saturated rings. The van der Waals surface area contributed by atoms with Gasteiger partial charge in [0.05, 0.1) is 27.4 Å². The van der Waals surface area contributed by atoms with Crippen molar-refractivity contribution in [2.75, 3.05) is 6.26 Å². The topological polar surface area (TPSA) is 82.2 Å². The quantitative estimate of drug-likeness (QED) is 0.533. The van der Waals surface area contributed by atoms with Gasteiger partial charge in [0.2, 0.25) is 10.0 Å². The molecule has 0 aliphatic rings. The van der Waals surface area contributed by atoms with Gasteiger partial charge in [-0.05, 0) is 6.07 Å². The lowest BCUT2D eigenvalue weighted by Crippen LogP contribution is -2.11. The lowest BCUT2D eigenvalue weighted by Gasteiger charge is -2.08. The molecule has 1 aromatic heterocycles. The highest BCUT2D eigenvalue weighted by Crippen LogP contribution is 2.39. The van der Waals surface area contributed by atoms with Crippen LogP contribution in [0.25, 0.3) is 22.2 Å². The lowest BCUT2D eigenvalue weighted by molar-refractivity contribution is -0.384. The van der Waals surface area contributed by atoms with E-state index in [1.807, 2.05) is 0 Å². The zero-order valence-electron chi connectivity index (χ0n) is 11.9. The van der Waals surface area contributed by atoms with Crippen molar-refractivity contribution >= 4 is 38.2 Å². The molecule has 3 rings (SSSR count). The molecule has 0 unspecified atom stereocenters. The maximum absolute atomic E-state index is 12.2. The summed E-state index contributed by atoms with van der Waals surface area (Å²) < 4.78 is 25.6. The van der Waals surface area contributed by atoms with Gasteiger partial charge in [-0.2, -0.15) is 0 Å².